The Hall–Kier alpha value is -2.26. The molecule has 8 N–H and O–H groups in total. The minimum Gasteiger partial charge on any atom is -0.377 e. The third kappa shape index (κ3) is 50.3. The first-order valence-corrected chi connectivity index (χ1v) is 57.8. The number of phosphoric ester groups is 3. The van der Waals surface area contributed by atoms with Crippen LogP contribution in [0.1, 0.15) is 304 Å². The van der Waals surface area contributed by atoms with Gasteiger partial charge in [-0.15, -0.1) is 0 Å². The molecule has 0 radical (unpaired) electrons. The van der Waals surface area contributed by atoms with Crippen LogP contribution in [-0.4, -0.2) is 365 Å². The van der Waals surface area contributed by atoms with E-state index in [2.05, 4.69) is 179 Å². The molecule has 806 valence electrons. The fraction of sp³-hybridized carbons (Fsp3) is 0.938. The zero-order valence-corrected chi connectivity index (χ0v) is 93.4. The van der Waals surface area contributed by atoms with Crippen molar-refractivity contribution in [3.05, 3.63) is 0 Å². The van der Waals surface area contributed by atoms with E-state index in [0.717, 1.165) is 84.2 Å². The molecule has 36 nitrogen and oxygen atoms in total. The van der Waals surface area contributed by atoms with Crippen molar-refractivity contribution in [1.82, 2.24) is 55.6 Å². The number of likely N-dealkylation sites (tertiary alicyclic amines) is 7. The number of Topliss-reactive ketones (excluding diaryl/α,β-unsaturated/α-hetero) is 2. The fourth-order valence-electron chi connectivity index (χ4n) is 18.9. The number of hydrogen-bond acceptors (Lipinski definition) is 30. The Balaban J connectivity index is 0.000000395. The van der Waals surface area contributed by atoms with E-state index in [1.165, 1.54) is 0 Å². The molecule has 0 aromatic rings. The van der Waals surface area contributed by atoms with E-state index < -0.39 is 43.2 Å². The lowest BCUT2D eigenvalue weighted by Crippen LogP contribution is -2.40. The van der Waals surface area contributed by atoms with Crippen LogP contribution in [0.2, 0.25) is 0 Å². The topological polar surface area (TPSA) is 408 Å². The first-order chi connectivity index (χ1) is 63.8. The molecule has 7 aliphatic rings. The second kappa shape index (κ2) is 62.8. The van der Waals surface area contributed by atoms with Crippen molar-refractivity contribution in [2.24, 2.45) is 11.8 Å². The van der Waals surface area contributed by atoms with Crippen molar-refractivity contribution in [2.75, 3.05) is 112 Å². The normalized spacial score (nSPS) is 26.4. The first kappa shape index (κ1) is 127. The maximum Gasteiger partial charge on any atom is 0.472 e. The third-order valence-corrected chi connectivity index (χ3v) is 29.2. The molecular weight excluding hydrogens is 1840 g/mol. The van der Waals surface area contributed by atoms with Crippen LogP contribution in [0.25, 0.3) is 0 Å². The molecule has 0 aliphatic carbocycles. The van der Waals surface area contributed by atoms with E-state index in [1.807, 2.05) is 62.3 Å². The Kier molecular flexibility index (Phi) is 58.2. The number of hydrogen-bond donors (Lipinski definition) is 8. The van der Waals surface area contributed by atoms with Gasteiger partial charge in [0.15, 0.2) is 0 Å². The molecule has 0 bridgehead atoms. The summed E-state index contributed by atoms with van der Waals surface area (Å²) in [6.07, 6.45) is 11.5. The average Bonchev–Trinajstić information content (AvgIpc) is 1.63. The van der Waals surface area contributed by atoms with Crippen LogP contribution in [0.4, 0.5) is 0 Å². The summed E-state index contributed by atoms with van der Waals surface area (Å²) in [5, 5.41) is 13.6. The Bertz CT molecular complexity index is 3590. The van der Waals surface area contributed by atoms with Crippen LogP contribution in [0.3, 0.4) is 0 Å². The van der Waals surface area contributed by atoms with Gasteiger partial charge in [-0.1, -0.05) is 83.1 Å². The quantitative estimate of drug-likeness (QED) is 0.0159. The largest absolute Gasteiger partial charge is 0.472 e. The predicted molar refractivity (Wildman–Crippen MR) is 542 cm³/mol. The summed E-state index contributed by atoms with van der Waals surface area (Å²) in [7, 11) is -16.4. The maximum absolute atomic E-state index is 13.0. The van der Waals surface area contributed by atoms with Crippen LogP contribution in [0, 0.1) is 11.8 Å². The molecule has 7 fully saturated rings. The fourth-order valence-corrected chi connectivity index (χ4v) is 22.5. The van der Waals surface area contributed by atoms with Gasteiger partial charge in [-0.05, 0) is 214 Å². The highest BCUT2D eigenvalue weighted by Gasteiger charge is 2.46. The van der Waals surface area contributed by atoms with Crippen LogP contribution in [0.15, 0.2) is 0 Å². The van der Waals surface area contributed by atoms with E-state index in [9.17, 15) is 57.2 Å². The lowest BCUT2D eigenvalue weighted by Gasteiger charge is -2.30. The van der Waals surface area contributed by atoms with Crippen molar-refractivity contribution in [1.29, 1.82) is 0 Å². The molecule has 7 heterocycles. The molecule has 0 aromatic carbocycles. The number of nitrogens with one attached hydrogen (secondary N) is 4. The average molecular weight is 2040 g/mol. The van der Waals surface area contributed by atoms with E-state index in [4.69, 9.17) is 59.9 Å². The Morgan fingerprint density at radius 3 is 1.20 bits per heavy atom. The number of ketones is 2. The molecule has 0 saturated carbocycles. The molecular formula is C97H193N11O25P4. The smallest absolute Gasteiger partial charge is 0.377 e. The van der Waals surface area contributed by atoms with Gasteiger partial charge in [-0.25, -0.2) is 13.7 Å². The van der Waals surface area contributed by atoms with Gasteiger partial charge in [0.2, 0.25) is 25.3 Å². The van der Waals surface area contributed by atoms with Crippen LogP contribution >= 0.6 is 31.0 Å². The number of amides is 3. The summed E-state index contributed by atoms with van der Waals surface area (Å²) in [6.45, 7) is 67.7. The molecule has 3 amide bonds. The molecule has 137 heavy (non-hydrogen) atoms. The zero-order chi connectivity index (χ0) is 103. The molecule has 40 heteroatoms. The number of carbonyl (C=O) groups is 5. The number of rotatable bonds is 59. The summed E-state index contributed by atoms with van der Waals surface area (Å²) >= 11 is 0. The van der Waals surface area contributed by atoms with Crippen LogP contribution in [0.5, 0.6) is 0 Å². The number of ether oxygens (including phenoxy) is 5. The Morgan fingerprint density at radius 1 is 0.380 bits per heavy atom. The van der Waals surface area contributed by atoms with Gasteiger partial charge in [0.25, 0.3) is 0 Å². The zero-order valence-electron chi connectivity index (χ0n) is 89.9. The highest BCUT2D eigenvalue weighted by Crippen LogP contribution is 2.50. The summed E-state index contributed by atoms with van der Waals surface area (Å²) in [6, 6.07) is 3.34. The standard InChI is InChI=1S/C31H59N4O8P.C28H60N4O9P2.C21H43N2O4P.C17H31NO4/c1-22(2)32-14-8-10-28(36)12-13-31(38)34-18-25(7)16-26(34)21-42-44(39,40)43-29-17-27(20-41-24(5)6)35(19-29)30(37)11-9-15-33-23(3)4;1-19(2)29-24-11-26(31(13-24)21(5)6)15-37-42(33,34)39-17-28(41-23(9)10)18-40-43(35,36)38-16-27-12-25(30-20(3)4)14-32(27)22(7)8;1-9-18-10-21(13-22(18)15(2)3)27-28(8,24)25-14-19-11-20(26-17(6)7)12-23(19)16(4)5;1-11(2)16(19)8-17(20)18-9-15(22-13(5)6)7-14(18)10-21-12(3)4/h22-27,29,32-33H,8-21H2,1-7H3,(H,39,40);19-30H,11-18H2,1-10H3,(H,33,34)(H,35,36);15-21,24H,8-14H2,1-7H3;11-15H,7-10H2,1-6H3/t25-,26+,27+,29-;;;14-,15+/m1..0/s1. The predicted octanol–water partition coefficient (Wildman–Crippen LogP) is 13.6. The number of carbonyl (C=O) groups excluding carboxylic acids is 5. The minimum absolute atomic E-state index is 0.00128. The summed E-state index contributed by atoms with van der Waals surface area (Å²) in [4.78, 5) is 119. The van der Waals surface area contributed by atoms with Gasteiger partial charge >= 0.3 is 23.5 Å². The second-order valence-corrected chi connectivity index (χ2v) is 48.9. The highest BCUT2D eigenvalue weighted by atomic mass is 31.2. The molecule has 7 aliphatic heterocycles. The van der Waals surface area contributed by atoms with Crippen molar-refractivity contribution in [2.45, 2.75) is 468 Å². The summed E-state index contributed by atoms with van der Waals surface area (Å²) in [5.74, 6) is -0.145. The summed E-state index contributed by atoms with van der Waals surface area (Å²) in [5.41, 5.74) is 0. The van der Waals surface area contributed by atoms with E-state index in [-0.39, 0.29) is 209 Å². The molecule has 7 rings (SSSR count). The van der Waals surface area contributed by atoms with E-state index in [0.29, 0.717) is 107 Å². The number of nitrogens with zero attached hydrogens (tertiary/aromatic N) is 7. The maximum atomic E-state index is 13.0. The van der Waals surface area contributed by atoms with Crippen LogP contribution in [-0.2, 0) is 97.5 Å². The van der Waals surface area contributed by atoms with Crippen molar-refractivity contribution in [3.8, 4) is 0 Å². The van der Waals surface area contributed by atoms with Gasteiger partial charge < -0.3 is 88.3 Å². The van der Waals surface area contributed by atoms with Crippen molar-refractivity contribution < 1.29 is 117 Å². The monoisotopic (exact) mass is 2040 g/mol. The minimum atomic E-state index is -4.47. The molecule has 7 saturated heterocycles. The lowest BCUT2D eigenvalue weighted by atomic mass is 10.1. The SMILES string of the molecule is C=P(O)(OCC1CC(OC(C)C)CN1C(C)C)OC1CC(CC)N(C(C)C)C1.CC(C)NC1CC(COP(=O)(O)OCC(COP(=O)(O)OCC2CC(NC(C)C)CN2C(C)C)OC(C)C)N(C(C)C)C1.CC(C)NCCCC(=O)CCC(=O)N1C[C@H](C)C[C@H]1COP(=O)(O)O[C@@H]1C[C@@H](COC(C)C)N(C(=O)CCCNC(C)C)C1.CC(C)OC[C@@H]1C[C@@H](OC(C)C)CN1C(=O)CC(=O)C(C)C. The Labute approximate surface area is 826 Å². The number of phosphoric acid groups is 3. The van der Waals surface area contributed by atoms with Crippen LogP contribution < -0.4 is 21.3 Å². The molecule has 0 spiro atoms. The Morgan fingerprint density at radius 2 is 0.759 bits per heavy atom. The van der Waals surface area contributed by atoms with Crippen molar-refractivity contribution in [3.63, 3.8) is 0 Å². The first-order valence-electron chi connectivity index (χ1n) is 51.6. The highest BCUT2D eigenvalue weighted by molar-refractivity contribution is 7.58. The summed E-state index contributed by atoms with van der Waals surface area (Å²) < 4.78 is 112. The molecule has 12 unspecified atom stereocenters. The van der Waals surface area contributed by atoms with E-state index in [1.54, 1.807) is 28.5 Å². The molecule has 0 aromatic heterocycles. The van der Waals surface area contributed by atoms with Gasteiger partial charge in [0.1, 0.15) is 17.7 Å². The van der Waals surface area contributed by atoms with Gasteiger partial charge in [0.05, 0.1) is 132 Å². The second-order valence-electron chi connectivity index (χ2n) is 42.8. The van der Waals surface area contributed by atoms with Gasteiger partial charge in [0, 0.05) is 162 Å². The third-order valence-electron chi connectivity index (χ3n) is 25.1. The van der Waals surface area contributed by atoms with Gasteiger partial charge in [-0.3, -0.25) is 70.7 Å². The molecule has 18 atom stereocenters. The van der Waals surface area contributed by atoms with E-state index >= 15 is 0 Å². The lowest BCUT2D eigenvalue weighted by molar-refractivity contribution is -0.138. The van der Waals surface area contributed by atoms with Gasteiger partial charge in [-0.2, -0.15) is 0 Å². The van der Waals surface area contributed by atoms with Crippen molar-refractivity contribution >= 4 is 66.6 Å².